The fraction of sp³-hybridized carbons (Fsp3) is 0.481. The van der Waals surface area contributed by atoms with Crippen LogP contribution in [-0.4, -0.2) is 44.7 Å². The van der Waals surface area contributed by atoms with Gasteiger partial charge in [0.1, 0.15) is 0 Å². The molecule has 1 amide bonds. The Morgan fingerprint density at radius 1 is 1.18 bits per heavy atom. The number of aromatic nitrogens is 2. The minimum absolute atomic E-state index is 0.0292. The van der Waals surface area contributed by atoms with Crippen molar-refractivity contribution in [3.8, 4) is 11.3 Å². The van der Waals surface area contributed by atoms with Gasteiger partial charge < -0.3 is 19.6 Å². The van der Waals surface area contributed by atoms with Crippen molar-refractivity contribution in [1.29, 1.82) is 0 Å². The Kier molecular flexibility index (Phi) is 6.48. The van der Waals surface area contributed by atoms with E-state index in [9.17, 15) is 14.7 Å². The zero-order chi connectivity index (χ0) is 23.9. The van der Waals surface area contributed by atoms with Crippen LogP contribution in [0.3, 0.4) is 0 Å². The van der Waals surface area contributed by atoms with E-state index in [1.54, 1.807) is 18.5 Å². The summed E-state index contributed by atoms with van der Waals surface area (Å²) in [5, 5.41) is 10.7. The van der Waals surface area contributed by atoms with E-state index in [1.807, 2.05) is 24.1 Å². The lowest BCUT2D eigenvalue weighted by Crippen LogP contribution is -2.39. The van der Waals surface area contributed by atoms with Crippen LogP contribution in [0, 0.1) is 6.92 Å². The van der Waals surface area contributed by atoms with Crippen LogP contribution in [0.1, 0.15) is 68.6 Å². The quantitative estimate of drug-likeness (QED) is 0.604. The summed E-state index contributed by atoms with van der Waals surface area (Å²) in [6.07, 6.45) is 3.39. The molecule has 176 valence electrons. The molecule has 1 atom stereocenters. The predicted octanol–water partition coefficient (Wildman–Crippen LogP) is 4.44. The summed E-state index contributed by atoms with van der Waals surface area (Å²) in [7, 11) is 1.80. The summed E-state index contributed by atoms with van der Waals surface area (Å²) < 4.78 is 1.65. The lowest BCUT2D eigenvalue weighted by atomic mass is 9.87. The van der Waals surface area contributed by atoms with Crippen molar-refractivity contribution < 1.29 is 9.90 Å². The average molecular weight is 450 g/mol. The summed E-state index contributed by atoms with van der Waals surface area (Å²) in [5.74, 6) is 0.786. The minimum Gasteiger partial charge on any atom is -0.393 e. The van der Waals surface area contributed by atoms with Gasteiger partial charge in [-0.2, -0.15) is 0 Å². The molecule has 0 spiro atoms. The molecule has 0 unspecified atom stereocenters. The van der Waals surface area contributed by atoms with Crippen molar-refractivity contribution in [1.82, 2.24) is 14.5 Å². The number of aliphatic hydroxyl groups is 1. The van der Waals surface area contributed by atoms with Crippen LogP contribution >= 0.6 is 0 Å². The van der Waals surface area contributed by atoms with Gasteiger partial charge in [-0.15, -0.1) is 0 Å². The number of likely N-dealkylation sites (tertiary alicyclic amines) is 1. The van der Waals surface area contributed by atoms with Gasteiger partial charge in [-0.25, -0.2) is 0 Å². The number of benzene rings is 1. The molecular weight excluding hydrogens is 414 g/mol. The molecular formula is C27H35N3O3. The molecule has 0 bridgehead atoms. The second-order valence-electron chi connectivity index (χ2n) is 9.91. The van der Waals surface area contributed by atoms with E-state index in [1.165, 1.54) is 16.5 Å². The second kappa shape index (κ2) is 9.18. The van der Waals surface area contributed by atoms with Crippen molar-refractivity contribution in [3.63, 3.8) is 0 Å². The van der Waals surface area contributed by atoms with Gasteiger partial charge in [-0.05, 0) is 67.9 Å². The standard InChI is InChI=1S/C27H35N3O3/c1-16(2)25-22-14-20(19-8-10-30(11-9-19)24(32)13-18(4)31)6-7-23(22)28-26(25)21-12-17(3)27(33)29(5)15-21/h6-7,12,14-16,18-19,28,31H,8-11,13H2,1-5H3/t18-/m0/s1. The SMILES string of the molecule is Cc1cc(-c2[nH]c3ccc(C4CCN(C(=O)C[C@H](C)O)CC4)cc3c2C(C)C)cn(C)c1=O. The molecule has 3 aromatic rings. The van der Waals surface area contributed by atoms with E-state index in [0.717, 1.165) is 48.3 Å². The van der Waals surface area contributed by atoms with Gasteiger partial charge in [0.2, 0.25) is 5.91 Å². The fourth-order valence-corrected chi connectivity index (χ4v) is 5.17. The summed E-state index contributed by atoms with van der Waals surface area (Å²) in [5.41, 5.74) is 6.56. The number of hydrogen-bond acceptors (Lipinski definition) is 3. The number of aryl methyl sites for hydroxylation is 2. The predicted molar refractivity (Wildman–Crippen MR) is 133 cm³/mol. The van der Waals surface area contributed by atoms with Crippen LogP contribution in [0.5, 0.6) is 0 Å². The smallest absolute Gasteiger partial charge is 0.253 e. The highest BCUT2D eigenvalue weighted by atomic mass is 16.3. The third-order valence-corrected chi connectivity index (χ3v) is 6.88. The molecule has 6 nitrogen and oxygen atoms in total. The highest BCUT2D eigenvalue weighted by Gasteiger charge is 2.25. The molecule has 1 aromatic carbocycles. The third kappa shape index (κ3) is 4.62. The molecule has 4 rings (SSSR count). The van der Waals surface area contributed by atoms with Gasteiger partial charge in [0.25, 0.3) is 5.56 Å². The van der Waals surface area contributed by atoms with Crippen molar-refractivity contribution >= 4 is 16.8 Å². The van der Waals surface area contributed by atoms with Crippen LogP contribution in [0.15, 0.2) is 35.3 Å². The van der Waals surface area contributed by atoms with E-state index in [-0.39, 0.29) is 17.9 Å². The van der Waals surface area contributed by atoms with Gasteiger partial charge in [-0.1, -0.05) is 19.9 Å². The third-order valence-electron chi connectivity index (χ3n) is 6.88. The molecule has 3 heterocycles. The number of carbonyl (C=O) groups is 1. The summed E-state index contributed by atoms with van der Waals surface area (Å²) in [6, 6.07) is 8.66. The number of nitrogens with zero attached hydrogens (tertiary/aromatic N) is 2. The molecule has 1 saturated heterocycles. The summed E-state index contributed by atoms with van der Waals surface area (Å²) in [6.45, 7) is 9.41. The number of piperidine rings is 1. The molecule has 0 saturated carbocycles. The fourth-order valence-electron chi connectivity index (χ4n) is 5.17. The van der Waals surface area contributed by atoms with E-state index in [4.69, 9.17) is 0 Å². The number of amides is 1. The monoisotopic (exact) mass is 449 g/mol. The molecule has 0 radical (unpaired) electrons. The molecule has 2 aromatic heterocycles. The molecule has 1 aliphatic heterocycles. The number of hydrogen-bond donors (Lipinski definition) is 2. The van der Waals surface area contributed by atoms with Crippen LogP contribution < -0.4 is 5.56 Å². The maximum absolute atomic E-state index is 12.3. The lowest BCUT2D eigenvalue weighted by molar-refractivity contribution is -0.134. The zero-order valence-electron chi connectivity index (χ0n) is 20.3. The number of aliphatic hydroxyl groups excluding tert-OH is 1. The zero-order valence-corrected chi connectivity index (χ0v) is 20.3. The van der Waals surface area contributed by atoms with Gasteiger partial charge in [0, 0.05) is 48.4 Å². The van der Waals surface area contributed by atoms with Crippen LogP contribution in [0.25, 0.3) is 22.2 Å². The summed E-state index contributed by atoms with van der Waals surface area (Å²) >= 11 is 0. The number of rotatable bonds is 5. The number of carbonyl (C=O) groups excluding carboxylic acids is 1. The van der Waals surface area contributed by atoms with Crippen LogP contribution in [0.2, 0.25) is 0 Å². The first kappa shape index (κ1) is 23.3. The highest BCUT2D eigenvalue weighted by Crippen LogP contribution is 2.38. The minimum atomic E-state index is -0.592. The van der Waals surface area contributed by atoms with Crippen molar-refractivity contribution in [2.45, 2.75) is 64.9 Å². The maximum Gasteiger partial charge on any atom is 0.253 e. The molecule has 33 heavy (non-hydrogen) atoms. The lowest BCUT2D eigenvalue weighted by Gasteiger charge is -2.32. The first-order valence-electron chi connectivity index (χ1n) is 11.9. The highest BCUT2D eigenvalue weighted by molar-refractivity contribution is 5.92. The Morgan fingerprint density at radius 3 is 2.48 bits per heavy atom. The Hall–Kier alpha value is -2.86. The molecule has 6 heteroatoms. The van der Waals surface area contributed by atoms with E-state index >= 15 is 0 Å². The molecule has 1 fully saturated rings. The second-order valence-corrected chi connectivity index (χ2v) is 9.91. The van der Waals surface area contributed by atoms with E-state index in [0.29, 0.717) is 11.8 Å². The number of aromatic amines is 1. The number of fused-ring (bicyclic) bond motifs is 1. The topological polar surface area (TPSA) is 78.3 Å². The summed E-state index contributed by atoms with van der Waals surface area (Å²) in [4.78, 5) is 30.0. The van der Waals surface area contributed by atoms with Gasteiger partial charge in [-0.3, -0.25) is 9.59 Å². The first-order chi connectivity index (χ1) is 15.7. The first-order valence-corrected chi connectivity index (χ1v) is 11.9. The van der Waals surface area contributed by atoms with Crippen LogP contribution in [0.4, 0.5) is 0 Å². The van der Waals surface area contributed by atoms with Crippen molar-refractivity contribution in [2.24, 2.45) is 7.05 Å². The molecule has 0 aliphatic carbocycles. The van der Waals surface area contributed by atoms with Crippen molar-refractivity contribution in [2.75, 3.05) is 13.1 Å². The number of pyridine rings is 1. The molecule has 1 aliphatic rings. The maximum atomic E-state index is 12.3. The van der Waals surface area contributed by atoms with Gasteiger partial charge in [0.15, 0.2) is 0 Å². The van der Waals surface area contributed by atoms with Gasteiger partial charge >= 0.3 is 0 Å². The number of nitrogens with one attached hydrogen (secondary N) is 1. The van der Waals surface area contributed by atoms with E-state index < -0.39 is 6.10 Å². The van der Waals surface area contributed by atoms with Crippen molar-refractivity contribution in [3.05, 3.63) is 57.5 Å². The number of H-pyrrole nitrogens is 1. The Balaban J connectivity index is 1.65. The van der Waals surface area contributed by atoms with Gasteiger partial charge in [0.05, 0.1) is 18.2 Å². The average Bonchev–Trinajstić information content (AvgIpc) is 3.16. The molecule has 2 N–H and O–H groups in total. The Labute approximate surface area is 195 Å². The Morgan fingerprint density at radius 2 is 1.88 bits per heavy atom. The largest absolute Gasteiger partial charge is 0.393 e. The van der Waals surface area contributed by atoms with Crippen LogP contribution in [-0.2, 0) is 11.8 Å². The Bertz CT molecular complexity index is 1200. The normalized spacial score (nSPS) is 16.0. The van der Waals surface area contributed by atoms with E-state index in [2.05, 4.69) is 37.0 Å².